The lowest BCUT2D eigenvalue weighted by atomic mass is 9.73. The minimum absolute atomic E-state index is 0.0347. The molecule has 0 saturated carbocycles. The molecule has 1 aliphatic heterocycles. The van der Waals surface area contributed by atoms with Crippen LogP contribution < -0.4 is 10.2 Å². The van der Waals surface area contributed by atoms with Crippen molar-refractivity contribution in [3.05, 3.63) is 83.7 Å². The number of aromatic amines is 1. The molecule has 29 heavy (non-hydrogen) atoms. The van der Waals surface area contributed by atoms with Crippen molar-refractivity contribution in [2.45, 2.75) is 24.7 Å². The Balaban J connectivity index is 1.59. The number of para-hydroxylation sites is 1. The maximum Gasteiger partial charge on any atom is 0.238 e. The molecule has 1 atom stereocenters. The molecule has 2 N–H and O–H groups in total. The molecule has 0 aliphatic carbocycles. The van der Waals surface area contributed by atoms with Crippen molar-refractivity contribution in [3.63, 3.8) is 0 Å². The van der Waals surface area contributed by atoms with Crippen LogP contribution in [-0.4, -0.2) is 35.6 Å². The van der Waals surface area contributed by atoms with E-state index in [4.69, 9.17) is 0 Å². The fourth-order valence-corrected chi connectivity index (χ4v) is 4.16. The second kappa shape index (κ2) is 7.91. The first-order chi connectivity index (χ1) is 14.1. The van der Waals surface area contributed by atoms with E-state index in [1.807, 2.05) is 60.8 Å². The summed E-state index contributed by atoms with van der Waals surface area (Å²) in [5.41, 5.74) is 2.97. The molecule has 0 saturated heterocycles. The molecule has 0 fully saturated rings. The van der Waals surface area contributed by atoms with Gasteiger partial charge in [-0.3, -0.25) is 14.7 Å². The Bertz CT molecular complexity index is 1000. The number of benzene rings is 2. The van der Waals surface area contributed by atoms with E-state index in [-0.39, 0.29) is 18.2 Å². The predicted molar refractivity (Wildman–Crippen MR) is 112 cm³/mol. The first kappa shape index (κ1) is 18.9. The number of fused-ring (bicyclic) bond motifs is 1. The van der Waals surface area contributed by atoms with E-state index in [9.17, 15) is 9.59 Å². The first-order valence-electron chi connectivity index (χ1n) is 9.76. The summed E-state index contributed by atoms with van der Waals surface area (Å²) >= 11 is 0. The summed E-state index contributed by atoms with van der Waals surface area (Å²) in [6, 6.07) is 17.7. The second-order valence-electron chi connectivity index (χ2n) is 7.51. The topological polar surface area (TPSA) is 78.1 Å². The summed E-state index contributed by atoms with van der Waals surface area (Å²) in [6.07, 6.45) is 4.86. The van der Waals surface area contributed by atoms with E-state index in [1.165, 1.54) is 0 Å². The van der Waals surface area contributed by atoms with Crippen LogP contribution in [0, 0.1) is 0 Å². The number of aromatic nitrogens is 2. The van der Waals surface area contributed by atoms with Crippen LogP contribution >= 0.6 is 0 Å². The van der Waals surface area contributed by atoms with Crippen LogP contribution in [0.15, 0.2) is 67.0 Å². The van der Waals surface area contributed by atoms with E-state index < -0.39 is 5.41 Å². The Morgan fingerprint density at radius 2 is 1.86 bits per heavy atom. The van der Waals surface area contributed by atoms with Crippen molar-refractivity contribution >= 4 is 17.5 Å². The Morgan fingerprint density at radius 1 is 1.10 bits per heavy atom. The summed E-state index contributed by atoms with van der Waals surface area (Å²) < 4.78 is 0. The summed E-state index contributed by atoms with van der Waals surface area (Å²) in [5, 5.41) is 9.66. The van der Waals surface area contributed by atoms with Crippen LogP contribution in [0.2, 0.25) is 0 Å². The summed E-state index contributed by atoms with van der Waals surface area (Å²) in [4.78, 5) is 28.0. The monoisotopic (exact) mass is 388 g/mol. The van der Waals surface area contributed by atoms with Gasteiger partial charge >= 0.3 is 0 Å². The molecule has 0 radical (unpaired) electrons. The van der Waals surface area contributed by atoms with Gasteiger partial charge in [0, 0.05) is 31.9 Å². The molecule has 0 unspecified atom stereocenters. The standard InChI is InChI=1S/C23H24N4O2/c1-27-20-10-6-5-9-19(20)23(22(27)29,13-17-7-3-2-4-8-17)14-21(28)24-12-11-18-15-25-26-16-18/h2-10,15-16H,11-14H2,1H3,(H,24,28)(H,25,26)/t23-/m0/s1. The molecule has 1 aliphatic rings. The zero-order valence-corrected chi connectivity index (χ0v) is 16.4. The Morgan fingerprint density at radius 3 is 2.62 bits per heavy atom. The largest absolute Gasteiger partial charge is 0.356 e. The van der Waals surface area contributed by atoms with Gasteiger partial charge in [-0.2, -0.15) is 5.10 Å². The van der Waals surface area contributed by atoms with Crippen LogP contribution in [-0.2, 0) is 27.8 Å². The fraction of sp³-hybridized carbons (Fsp3) is 0.261. The molecule has 4 rings (SSSR count). The number of hydrogen-bond donors (Lipinski definition) is 2. The van der Waals surface area contributed by atoms with Crippen molar-refractivity contribution in [1.82, 2.24) is 15.5 Å². The van der Waals surface area contributed by atoms with Gasteiger partial charge in [0.2, 0.25) is 11.8 Å². The van der Waals surface area contributed by atoms with E-state index in [0.29, 0.717) is 19.4 Å². The van der Waals surface area contributed by atoms with E-state index in [2.05, 4.69) is 15.5 Å². The summed E-state index contributed by atoms with van der Waals surface area (Å²) in [7, 11) is 1.78. The highest BCUT2D eigenvalue weighted by atomic mass is 16.2. The number of carbonyl (C=O) groups excluding carboxylic acids is 2. The molecular weight excluding hydrogens is 364 g/mol. The average molecular weight is 388 g/mol. The maximum absolute atomic E-state index is 13.4. The highest BCUT2D eigenvalue weighted by Gasteiger charge is 2.50. The van der Waals surface area contributed by atoms with Crippen LogP contribution in [0.3, 0.4) is 0 Å². The van der Waals surface area contributed by atoms with Crippen molar-refractivity contribution < 1.29 is 9.59 Å². The van der Waals surface area contributed by atoms with Gasteiger partial charge in [-0.15, -0.1) is 0 Å². The molecule has 3 aromatic rings. The number of amides is 2. The van der Waals surface area contributed by atoms with Gasteiger partial charge in [0.05, 0.1) is 11.6 Å². The molecule has 2 heterocycles. The van der Waals surface area contributed by atoms with Crippen molar-refractivity contribution in [1.29, 1.82) is 0 Å². The Hall–Kier alpha value is -3.41. The van der Waals surface area contributed by atoms with Gasteiger partial charge in [-0.05, 0) is 35.6 Å². The molecule has 6 nitrogen and oxygen atoms in total. The molecule has 1 aromatic heterocycles. The smallest absolute Gasteiger partial charge is 0.238 e. The van der Waals surface area contributed by atoms with E-state index in [0.717, 1.165) is 22.4 Å². The summed E-state index contributed by atoms with van der Waals surface area (Å²) in [5.74, 6) is -0.157. The number of likely N-dealkylation sites (N-methyl/N-ethyl adjacent to an activating group) is 1. The van der Waals surface area contributed by atoms with E-state index in [1.54, 1.807) is 18.1 Å². The summed E-state index contributed by atoms with van der Waals surface area (Å²) in [6.45, 7) is 0.505. The lowest BCUT2D eigenvalue weighted by Crippen LogP contribution is -2.44. The lowest BCUT2D eigenvalue weighted by molar-refractivity contribution is -0.129. The number of nitrogens with one attached hydrogen (secondary N) is 2. The maximum atomic E-state index is 13.4. The van der Waals surface area contributed by atoms with Crippen LogP contribution in [0.1, 0.15) is 23.1 Å². The molecule has 148 valence electrons. The lowest BCUT2D eigenvalue weighted by Gasteiger charge is -2.28. The highest BCUT2D eigenvalue weighted by Crippen LogP contribution is 2.45. The molecule has 0 bridgehead atoms. The number of rotatable bonds is 7. The van der Waals surface area contributed by atoms with Crippen LogP contribution in [0.4, 0.5) is 5.69 Å². The third-order valence-electron chi connectivity index (χ3n) is 5.60. The van der Waals surface area contributed by atoms with Gasteiger partial charge < -0.3 is 10.2 Å². The SMILES string of the molecule is CN1C(=O)[C@](CC(=O)NCCc2cn[nH]c2)(Cc2ccccc2)c2ccccc21. The number of nitrogens with zero attached hydrogens (tertiary/aromatic N) is 2. The second-order valence-corrected chi connectivity index (χ2v) is 7.51. The van der Waals surface area contributed by atoms with E-state index >= 15 is 0 Å². The van der Waals surface area contributed by atoms with Crippen molar-refractivity contribution in [2.24, 2.45) is 0 Å². The fourth-order valence-electron chi connectivity index (χ4n) is 4.16. The van der Waals surface area contributed by atoms with Gasteiger partial charge in [0.25, 0.3) is 0 Å². The zero-order chi connectivity index (χ0) is 20.3. The quantitative estimate of drug-likeness (QED) is 0.653. The number of H-pyrrole nitrogens is 1. The van der Waals surface area contributed by atoms with Gasteiger partial charge in [-0.25, -0.2) is 0 Å². The van der Waals surface area contributed by atoms with Crippen molar-refractivity contribution in [3.8, 4) is 0 Å². The van der Waals surface area contributed by atoms with Gasteiger partial charge in [0.15, 0.2) is 0 Å². The number of anilines is 1. The van der Waals surface area contributed by atoms with Crippen LogP contribution in [0.5, 0.6) is 0 Å². The van der Waals surface area contributed by atoms with Crippen molar-refractivity contribution in [2.75, 3.05) is 18.5 Å². The normalized spacial score (nSPS) is 18.0. The Labute approximate surface area is 169 Å². The Kier molecular flexibility index (Phi) is 5.16. The third kappa shape index (κ3) is 3.66. The average Bonchev–Trinajstić information content (AvgIpc) is 3.32. The van der Waals surface area contributed by atoms with Gasteiger partial charge in [-0.1, -0.05) is 48.5 Å². The number of hydrogen-bond acceptors (Lipinski definition) is 3. The minimum Gasteiger partial charge on any atom is -0.356 e. The molecule has 2 amide bonds. The molecule has 6 heteroatoms. The van der Waals surface area contributed by atoms with Gasteiger partial charge in [0.1, 0.15) is 0 Å². The third-order valence-corrected chi connectivity index (χ3v) is 5.60. The molecule has 2 aromatic carbocycles. The molecular formula is C23H24N4O2. The predicted octanol–water partition coefficient (Wildman–Crippen LogP) is 2.62. The first-order valence-corrected chi connectivity index (χ1v) is 9.76. The van der Waals surface area contributed by atoms with Crippen LogP contribution in [0.25, 0.3) is 0 Å². The zero-order valence-electron chi connectivity index (χ0n) is 16.4. The minimum atomic E-state index is -0.896. The molecule has 0 spiro atoms. The number of carbonyl (C=O) groups is 2. The highest BCUT2D eigenvalue weighted by molar-refractivity contribution is 6.09.